The van der Waals surface area contributed by atoms with E-state index in [-0.39, 0.29) is 0 Å². The van der Waals surface area contributed by atoms with E-state index in [2.05, 4.69) is 414 Å². The minimum atomic E-state index is 0.626. The highest BCUT2D eigenvalue weighted by molar-refractivity contribution is 7.27. The van der Waals surface area contributed by atoms with Gasteiger partial charge in [0.25, 0.3) is 0 Å². The molecule has 0 aliphatic rings. The predicted molar refractivity (Wildman–Crippen MR) is 555 cm³/mol. The van der Waals surface area contributed by atoms with E-state index in [1.807, 2.05) is 65.1 Å². The van der Waals surface area contributed by atoms with Crippen LogP contribution in [0.4, 0.5) is 0 Å². The zero-order valence-corrected chi connectivity index (χ0v) is 72.1. The Hall–Kier alpha value is -16.8. The Balaban J connectivity index is 0.000000101. The lowest BCUT2D eigenvalue weighted by Gasteiger charge is -2.14. The van der Waals surface area contributed by atoms with Crippen molar-refractivity contribution in [1.82, 2.24) is 23.7 Å². The summed E-state index contributed by atoms with van der Waals surface area (Å²) in [6.45, 7) is 0. The van der Waals surface area contributed by atoms with Crippen LogP contribution in [0.15, 0.2) is 452 Å². The monoisotopic (exact) mass is 1700 g/mol. The summed E-state index contributed by atoms with van der Waals surface area (Å²) in [6, 6.07) is 159. The Bertz CT molecular complexity index is 9700. The molecule has 9 heteroatoms. The first-order valence-electron chi connectivity index (χ1n) is 44.5. The van der Waals surface area contributed by atoms with Gasteiger partial charge in [0.1, 0.15) is 22.3 Å². The molecule has 8 aromatic heterocycles. The van der Waals surface area contributed by atoms with Crippen molar-refractivity contribution in [1.29, 1.82) is 0 Å². The zero-order chi connectivity index (χ0) is 85.9. The quantitative estimate of drug-likeness (QED) is 0.152. The first-order valence-corrected chi connectivity index (χ1v) is 46.1. The van der Waals surface area contributed by atoms with Crippen LogP contribution in [0.5, 0.6) is 0 Å². The van der Waals surface area contributed by atoms with Crippen molar-refractivity contribution >= 4 is 216 Å². The number of aromatic nitrogens is 5. The topological polar surface area (TPSA) is 66.8 Å². The summed E-state index contributed by atoms with van der Waals surface area (Å²) < 4.78 is 25.4. The van der Waals surface area contributed by atoms with Gasteiger partial charge < -0.3 is 18.0 Å². The van der Waals surface area contributed by atoms with Crippen molar-refractivity contribution in [3.8, 4) is 73.1 Å². The van der Waals surface area contributed by atoms with Crippen LogP contribution in [0.3, 0.4) is 0 Å². The Morgan fingerprint density at radius 2 is 0.588 bits per heavy atom. The maximum absolute atomic E-state index is 6.69. The van der Waals surface area contributed by atoms with E-state index in [0.717, 1.165) is 88.1 Å². The number of nitrogens with zero attached hydrogens (tertiary/aromatic N) is 5. The average molecular weight is 1710 g/mol. The highest BCUT2D eigenvalue weighted by Crippen LogP contribution is 2.53. The molecule has 0 aliphatic heterocycles. The Labute approximate surface area is 758 Å². The van der Waals surface area contributed by atoms with E-state index in [0.29, 0.717) is 5.95 Å². The van der Waals surface area contributed by atoms with Crippen LogP contribution in [0, 0.1) is 0 Å². The third-order valence-electron chi connectivity index (χ3n) is 26.7. The molecule has 0 saturated carbocycles. The number of thiophene rings is 2. The van der Waals surface area contributed by atoms with Crippen molar-refractivity contribution in [3.63, 3.8) is 0 Å². The molecule has 0 atom stereocenters. The van der Waals surface area contributed by atoms with Gasteiger partial charge in [0.2, 0.25) is 5.95 Å². The summed E-state index contributed by atoms with van der Waals surface area (Å²) in [5.74, 6) is 0.626. The van der Waals surface area contributed by atoms with E-state index in [9.17, 15) is 0 Å². The SMILES string of the molecule is c1ccc(-c2cc(-c3ccccc3)cc(-c3cccc(-n4c5ccccc5c5c6ccccc6c6c7ccccc7sc6c54)c3)c2)cc1.c1ccc(-c2nc(-n3c4ccccc4c4c5ccccc5c5c6ccccc6oc5c43)nc3ccccc23)cc1.c1ccc2c(c1)oc1cccc(-c3ccc(-n4c5ccccc5c5c6ccccc6c6c7ccccc7sc6c54)cc3)c12. The third-order valence-corrected chi connectivity index (χ3v) is 29.1. The normalized spacial score (nSPS) is 12.0. The van der Waals surface area contributed by atoms with Gasteiger partial charge in [-0.15, -0.1) is 22.7 Å². The summed E-state index contributed by atoms with van der Waals surface area (Å²) in [5.41, 5.74) is 25.4. The van der Waals surface area contributed by atoms with E-state index in [1.165, 1.54) is 172 Å². The molecule has 0 unspecified atom stereocenters. The fourth-order valence-corrected chi connectivity index (χ4v) is 23.6. The molecule has 8 heterocycles. The largest absolute Gasteiger partial charge is 0.456 e. The fraction of sp³-hybridized carbons (Fsp3) is 0. The summed E-state index contributed by atoms with van der Waals surface area (Å²) in [6.07, 6.45) is 0. The maximum atomic E-state index is 6.69. The molecule has 29 aromatic rings. The van der Waals surface area contributed by atoms with Crippen molar-refractivity contribution in [2.45, 2.75) is 0 Å². The molecule has 0 N–H and O–H groups in total. The van der Waals surface area contributed by atoms with Crippen LogP contribution < -0.4 is 0 Å². The first kappa shape index (κ1) is 74.4. The Kier molecular flexibility index (Phi) is 17.0. The number of furan rings is 2. The molecule has 7 nitrogen and oxygen atoms in total. The zero-order valence-electron chi connectivity index (χ0n) is 70.5. The van der Waals surface area contributed by atoms with Crippen LogP contribution in [-0.4, -0.2) is 23.7 Å². The number of hydrogen-bond acceptors (Lipinski definition) is 6. The number of para-hydroxylation sites is 6. The maximum Gasteiger partial charge on any atom is 0.235 e. The standard InChI is InChI=1S/C46H29NS.C40H23NOS.C36H21N3O/c1-3-14-30(15-4-1)33-26-34(31-16-5-2-6-17-31)28-35(27-33)32-18-13-19-36(29-32)47-41-24-11-9-22-39(41)43-37-20-7-8-21-38(37)44-40-23-10-12-25-42(40)48-46(44)45(43)47;1-2-11-28-27(10-1)37-29-12-3-6-16-32(29)41(39(37)40-38(28)31-14-5-8-19-35(31)43-40)25-22-20-24(21-23-25)26-15-9-18-34-36(26)30-13-4-7-17-33(30)42-34;1-2-12-22(13-3-1)33-25-16-6-9-19-28(25)37-36(38-33)39-29-20-10-7-17-26(29)31-23-14-4-5-15-24(23)32-27-18-8-11-21-30(27)40-35(32)34(31)39/h1-29H;1-23H;1-21H. The van der Waals surface area contributed by atoms with Crippen molar-refractivity contribution in [2.24, 2.45) is 0 Å². The number of fused-ring (bicyclic) bond motifs is 34. The van der Waals surface area contributed by atoms with Crippen molar-refractivity contribution < 1.29 is 8.83 Å². The molecule has 0 spiro atoms. The van der Waals surface area contributed by atoms with E-state index >= 15 is 0 Å². The summed E-state index contributed by atoms with van der Waals surface area (Å²) in [7, 11) is 0. The van der Waals surface area contributed by atoms with Gasteiger partial charge in [-0.2, -0.15) is 0 Å². The molecular weight excluding hydrogens is 1630 g/mol. The summed E-state index contributed by atoms with van der Waals surface area (Å²) in [4.78, 5) is 10.4. The van der Waals surface area contributed by atoms with Gasteiger partial charge in [0.15, 0.2) is 5.58 Å². The Morgan fingerprint density at radius 3 is 1.13 bits per heavy atom. The lowest BCUT2D eigenvalue weighted by atomic mass is 9.93. The van der Waals surface area contributed by atoms with Gasteiger partial charge in [-0.1, -0.05) is 346 Å². The second kappa shape index (κ2) is 29.9. The van der Waals surface area contributed by atoms with Gasteiger partial charge >= 0.3 is 0 Å². The van der Waals surface area contributed by atoms with E-state index in [1.54, 1.807) is 0 Å². The molecular formula is C122H73N5O2S2. The highest BCUT2D eigenvalue weighted by atomic mass is 32.1. The van der Waals surface area contributed by atoms with Gasteiger partial charge in [-0.05, 0) is 174 Å². The molecule has 0 radical (unpaired) electrons. The van der Waals surface area contributed by atoms with E-state index in [4.69, 9.17) is 18.8 Å². The van der Waals surface area contributed by atoms with Crippen LogP contribution in [0.25, 0.3) is 266 Å². The first-order chi connectivity index (χ1) is 65.0. The van der Waals surface area contributed by atoms with Crippen LogP contribution in [0.1, 0.15) is 0 Å². The Morgan fingerprint density at radius 1 is 0.206 bits per heavy atom. The number of rotatable bonds is 8. The van der Waals surface area contributed by atoms with Crippen LogP contribution >= 0.6 is 22.7 Å². The molecule has 0 fully saturated rings. The highest BCUT2D eigenvalue weighted by Gasteiger charge is 2.29. The second-order valence-electron chi connectivity index (χ2n) is 33.9. The smallest absolute Gasteiger partial charge is 0.235 e. The second-order valence-corrected chi connectivity index (χ2v) is 36.0. The molecule has 29 rings (SSSR count). The van der Waals surface area contributed by atoms with Gasteiger partial charge in [0.05, 0.1) is 48.2 Å². The van der Waals surface area contributed by atoms with Crippen LogP contribution in [-0.2, 0) is 0 Å². The van der Waals surface area contributed by atoms with Crippen molar-refractivity contribution in [2.75, 3.05) is 0 Å². The predicted octanol–water partition coefficient (Wildman–Crippen LogP) is 34.6. The van der Waals surface area contributed by atoms with Gasteiger partial charge in [-0.3, -0.25) is 4.57 Å². The lowest BCUT2D eigenvalue weighted by Crippen LogP contribution is -2.03. The van der Waals surface area contributed by atoms with Crippen LogP contribution in [0.2, 0.25) is 0 Å². The molecule has 0 bridgehead atoms. The van der Waals surface area contributed by atoms with Gasteiger partial charge in [0, 0.05) is 107 Å². The molecule has 131 heavy (non-hydrogen) atoms. The molecule has 0 saturated heterocycles. The minimum Gasteiger partial charge on any atom is -0.456 e. The lowest BCUT2D eigenvalue weighted by molar-refractivity contribution is 0.669. The summed E-state index contributed by atoms with van der Waals surface area (Å²) in [5, 5.41) is 26.1. The molecule has 21 aromatic carbocycles. The van der Waals surface area contributed by atoms with Crippen molar-refractivity contribution in [3.05, 3.63) is 443 Å². The minimum absolute atomic E-state index is 0.626. The van der Waals surface area contributed by atoms with Gasteiger partial charge in [-0.25, -0.2) is 9.97 Å². The molecule has 0 amide bonds. The van der Waals surface area contributed by atoms with E-state index < -0.39 is 0 Å². The average Bonchev–Trinajstić information content (AvgIpc) is 1.55. The number of benzene rings is 21. The molecule has 0 aliphatic carbocycles. The molecule has 610 valence electrons. The number of hydrogen-bond donors (Lipinski definition) is 0. The summed E-state index contributed by atoms with van der Waals surface area (Å²) >= 11 is 3.81. The third kappa shape index (κ3) is 11.7. The fourth-order valence-electron chi connectivity index (χ4n) is 21.1.